The molecule has 0 aliphatic rings. The molecule has 1 rings (SSSR count). The van der Waals surface area contributed by atoms with Crippen molar-refractivity contribution in [3.63, 3.8) is 0 Å². The van der Waals surface area contributed by atoms with Crippen molar-refractivity contribution in [2.24, 2.45) is 0 Å². The Morgan fingerprint density at radius 1 is 1.13 bits per heavy atom. The Morgan fingerprint density at radius 3 is 2.27 bits per heavy atom. The van der Waals surface area contributed by atoms with Gasteiger partial charge in [0.15, 0.2) is 0 Å². The fourth-order valence-corrected chi connectivity index (χ4v) is 1.41. The SMILES string of the molecule is CC(/C=C/c1ccccc1)OC(C)(C)C. The molecule has 1 atom stereocenters. The van der Waals surface area contributed by atoms with Crippen molar-refractivity contribution < 1.29 is 4.74 Å². The second-order valence-corrected chi connectivity index (χ2v) is 4.71. The number of ether oxygens (including phenoxy) is 1. The maximum absolute atomic E-state index is 5.77. The minimum Gasteiger partial charge on any atom is -0.369 e. The molecule has 0 radical (unpaired) electrons. The molecule has 1 aromatic carbocycles. The van der Waals surface area contributed by atoms with Crippen LogP contribution in [0, 0.1) is 0 Å². The molecule has 0 saturated carbocycles. The average molecular weight is 204 g/mol. The largest absolute Gasteiger partial charge is 0.369 e. The smallest absolute Gasteiger partial charge is 0.0738 e. The summed E-state index contributed by atoms with van der Waals surface area (Å²) in [5.41, 5.74) is 1.13. The first-order chi connectivity index (χ1) is 6.97. The van der Waals surface area contributed by atoms with Gasteiger partial charge in [-0.15, -0.1) is 0 Å². The molecule has 1 unspecified atom stereocenters. The van der Waals surface area contributed by atoms with Gasteiger partial charge in [-0.1, -0.05) is 42.5 Å². The first kappa shape index (κ1) is 12.0. The average Bonchev–Trinajstić information content (AvgIpc) is 2.14. The maximum atomic E-state index is 5.77. The van der Waals surface area contributed by atoms with E-state index in [2.05, 4.69) is 52.0 Å². The van der Waals surface area contributed by atoms with Crippen molar-refractivity contribution in [2.75, 3.05) is 0 Å². The maximum Gasteiger partial charge on any atom is 0.0738 e. The highest BCUT2D eigenvalue weighted by Crippen LogP contribution is 2.12. The van der Waals surface area contributed by atoms with Gasteiger partial charge in [-0.25, -0.2) is 0 Å². The first-order valence-electron chi connectivity index (χ1n) is 5.38. The number of rotatable bonds is 3. The molecule has 0 heterocycles. The normalized spacial score (nSPS) is 14.4. The van der Waals surface area contributed by atoms with Crippen LogP contribution in [-0.4, -0.2) is 11.7 Å². The summed E-state index contributed by atoms with van der Waals surface area (Å²) in [4.78, 5) is 0. The molecule has 0 saturated heterocycles. The van der Waals surface area contributed by atoms with Gasteiger partial charge in [0.2, 0.25) is 0 Å². The summed E-state index contributed by atoms with van der Waals surface area (Å²) in [5.74, 6) is 0. The lowest BCUT2D eigenvalue weighted by Gasteiger charge is -2.23. The van der Waals surface area contributed by atoms with E-state index >= 15 is 0 Å². The van der Waals surface area contributed by atoms with E-state index in [0.29, 0.717) is 0 Å². The van der Waals surface area contributed by atoms with Crippen LogP contribution in [0.25, 0.3) is 6.08 Å². The summed E-state index contributed by atoms with van der Waals surface area (Å²) in [6.07, 6.45) is 4.32. The molecule has 0 amide bonds. The molecule has 0 aliphatic heterocycles. The van der Waals surface area contributed by atoms with Crippen LogP contribution in [0.3, 0.4) is 0 Å². The summed E-state index contributed by atoms with van der Waals surface area (Å²) in [6.45, 7) is 8.27. The second-order valence-electron chi connectivity index (χ2n) is 4.71. The van der Waals surface area contributed by atoms with Gasteiger partial charge in [-0.3, -0.25) is 0 Å². The van der Waals surface area contributed by atoms with Crippen molar-refractivity contribution in [3.8, 4) is 0 Å². The van der Waals surface area contributed by atoms with E-state index in [1.165, 1.54) is 5.56 Å². The molecular formula is C14H20O. The predicted octanol–water partition coefficient (Wildman–Crippen LogP) is 3.90. The molecule has 0 bridgehead atoms. The highest BCUT2D eigenvalue weighted by Gasteiger charge is 2.12. The van der Waals surface area contributed by atoms with Gasteiger partial charge < -0.3 is 4.74 Å². The second kappa shape index (κ2) is 5.13. The molecule has 1 heteroatoms. The van der Waals surface area contributed by atoms with Gasteiger partial charge in [0.05, 0.1) is 11.7 Å². The van der Waals surface area contributed by atoms with Crippen LogP contribution >= 0.6 is 0 Å². The molecule has 0 aliphatic carbocycles. The summed E-state index contributed by atoms with van der Waals surface area (Å²) in [6, 6.07) is 10.3. The molecule has 0 N–H and O–H groups in total. The quantitative estimate of drug-likeness (QED) is 0.725. The molecule has 1 aromatic rings. The van der Waals surface area contributed by atoms with Crippen LogP contribution in [0.1, 0.15) is 33.3 Å². The zero-order chi connectivity index (χ0) is 11.3. The van der Waals surface area contributed by atoms with Crippen molar-refractivity contribution >= 4 is 6.08 Å². The van der Waals surface area contributed by atoms with E-state index in [-0.39, 0.29) is 11.7 Å². The van der Waals surface area contributed by atoms with E-state index in [0.717, 1.165) is 0 Å². The fraction of sp³-hybridized carbons (Fsp3) is 0.429. The third kappa shape index (κ3) is 5.38. The Hall–Kier alpha value is -1.08. The monoisotopic (exact) mass is 204 g/mol. The van der Waals surface area contributed by atoms with Crippen LogP contribution in [0.2, 0.25) is 0 Å². The van der Waals surface area contributed by atoms with Crippen LogP contribution in [0.4, 0.5) is 0 Å². The first-order valence-corrected chi connectivity index (χ1v) is 5.38. The third-order valence-electron chi connectivity index (χ3n) is 1.90. The van der Waals surface area contributed by atoms with E-state index in [1.807, 2.05) is 18.2 Å². The lowest BCUT2D eigenvalue weighted by Crippen LogP contribution is -2.24. The minimum absolute atomic E-state index is 0.0829. The lowest BCUT2D eigenvalue weighted by atomic mass is 10.1. The van der Waals surface area contributed by atoms with E-state index in [4.69, 9.17) is 4.74 Å². The number of benzene rings is 1. The van der Waals surface area contributed by atoms with Crippen molar-refractivity contribution in [1.82, 2.24) is 0 Å². The standard InChI is InChI=1S/C14H20O/c1-12(15-14(2,3)4)10-11-13-8-6-5-7-9-13/h5-12H,1-4H3/b11-10+. The van der Waals surface area contributed by atoms with Crippen LogP contribution in [0.15, 0.2) is 36.4 Å². The Labute approximate surface area is 92.8 Å². The van der Waals surface area contributed by atoms with Gasteiger partial charge in [-0.2, -0.15) is 0 Å². The van der Waals surface area contributed by atoms with Crippen LogP contribution in [-0.2, 0) is 4.74 Å². The Bertz CT molecular complexity index is 306. The van der Waals surface area contributed by atoms with Crippen molar-refractivity contribution in [2.45, 2.75) is 39.4 Å². The summed E-state index contributed by atoms with van der Waals surface area (Å²) in [7, 11) is 0. The fourth-order valence-electron chi connectivity index (χ4n) is 1.41. The number of hydrogen-bond donors (Lipinski definition) is 0. The lowest BCUT2D eigenvalue weighted by molar-refractivity contribution is -0.0295. The Morgan fingerprint density at radius 2 is 1.73 bits per heavy atom. The Balaban J connectivity index is 2.52. The van der Waals surface area contributed by atoms with Gasteiger partial charge in [0.25, 0.3) is 0 Å². The zero-order valence-electron chi connectivity index (χ0n) is 10.0. The summed E-state index contributed by atoms with van der Waals surface area (Å²) in [5, 5.41) is 0. The summed E-state index contributed by atoms with van der Waals surface area (Å²) < 4.78 is 5.77. The third-order valence-corrected chi connectivity index (χ3v) is 1.90. The molecule has 0 aromatic heterocycles. The van der Waals surface area contributed by atoms with Gasteiger partial charge in [0, 0.05) is 0 Å². The van der Waals surface area contributed by atoms with E-state index < -0.39 is 0 Å². The molecule has 0 fully saturated rings. The molecule has 0 spiro atoms. The zero-order valence-corrected chi connectivity index (χ0v) is 10.0. The van der Waals surface area contributed by atoms with Crippen LogP contribution < -0.4 is 0 Å². The topological polar surface area (TPSA) is 9.23 Å². The summed E-state index contributed by atoms with van der Waals surface area (Å²) >= 11 is 0. The molecular weight excluding hydrogens is 184 g/mol. The highest BCUT2D eigenvalue weighted by molar-refractivity contribution is 5.49. The van der Waals surface area contributed by atoms with Crippen molar-refractivity contribution in [1.29, 1.82) is 0 Å². The molecule has 82 valence electrons. The van der Waals surface area contributed by atoms with Gasteiger partial charge in [0.1, 0.15) is 0 Å². The van der Waals surface area contributed by atoms with E-state index in [1.54, 1.807) is 0 Å². The number of hydrogen-bond acceptors (Lipinski definition) is 1. The van der Waals surface area contributed by atoms with Gasteiger partial charge >= 0.3 is 0 Å². The van der Waals surface area contributed by atoms with Crippen molar-refractivity contribution in [3.05, 3.63) is 42.0 Å². The highest BCUT2D eigenvalue weighted by atomic mass is 16.5. The molecule has 1 nitrogen and oxygen atoms in total. The van der Waals surface area contributed by atoms with E-state index in [9.17, 15) is 0 Å². The van der Waals surface area contributed by atoms with Gasteiger partial charge in [-0.05, 0) is 33.3 Å². The molecule has 15 heavy (non-hydrogen) atoms. The minimum atomic E-state index is -0.0829. The van der Waals surface area contributed by atoms with Crippen LogP contribution in [0.5, 0.6) is 0 Å². The Kier molecular flexibility index (Phi) is 4.10. The predicted molar refractivity (Wildman–Crippen MR) is 65.8 cm³/mol.